The molecule has 0 fully saturated rings. The summed E-state index contributed by atoms with van der Waals surface area (Å²) in [5, 5.41) is 9.27. The highest BCUT2D eigenvalue weighted by Gasteiger charge is 2.38. The molecule has 1 aromatic heterocycles. The molecule has 4 nitrogen and oxygen atoms in total. The summed E-state index contributed by atoms with van der Waals surface area (Å²) in [6, 6.07) is 8.33. The Morgan fingerprint density at radius 1 is 1.17 bits per heavy atom. The van der Waals surface area contributed by atoms with Gasteiger partial charge in [0, 0.05) is 0 Å². The SMILES string of the molecule is CNC(c1ccccc1)c1nnc(C(F)(F)F)o1. The van der Waals surface area contributed by atoms with Crippen molar-refractivity contribution in [3.63, 3.8) is 0 Å². The molecule has 0 spiro atoms. The van der Waals surface area contributed by atoms with E-state index < -0.39 is 18.1 Å². The predicted molar refractivity (Wildman–Crippen MR) is 56.6 cm³/mol. The second-order valence-corrected chi connectivity index (χ2v) is 3.58. The summed E-state index contributed by atoms with van der Waals surface area (Å²) in [5.74, 6) is -1.45. The van der Waals surface area contributed by atoms with Crippen LogP contribution in [0, 0.1) is 0 Å². The first-order chi connectivity index (χ1) is 8.52. The molecule has 0 radical (unpaired) electrons. The van der Waals surface area contributed by atoms with E-state index in [1.807, 2.05) is 6.07 Å². The summed E-state index contributed by atoms with van der Waals surface area (Å²) in [6.45, 7) is 0. The minimum atomic E-state index is -4.62. The molecule has 0 saturated carbocycles. The Balaban J connectivity index is 2.32. The summed E-state index contributed by atoms with van der Waals surface area (Å²) in [7, 11) is 1.61. The van der Waals surface area contributed by atoms with Gasteiger partial charge < -0.3 is 9.73 Å². The lowest BCUT2D eigenvalue weighted by molar-refractivity contribution is -0.157. The minimum Gasteiger partial charge on any atom is -0.415 e. The molecule has 1 aromatic carbocycles. The lowest BCUT2D eigenvalue weighted by Gasteiger charge is -2.11. The third kappa shape index (κ3) is 2.51. The van der Waals surface area contributed by atoms with Crippen LogP contribution in [0.3, 0.4) is 0 Å². The van der Waals surface area contributed by atoms with E-state index >= 15 is 0 Å². The van der Waals surface area contributed by atoms with Crippen LogP contribution in [0.5, 0.6) is 0 Å². The third-order valence-electron chi connectivity index (χ3n) is 2.35. The van der Waals surface area contributed by atoms with Crippen molar-refractivity contribution in [2.45, 2.75) is 12.2 Å². The Bertz CT molecular complexity index is 510. The van der Waals surface area contributed by atoms with Crippen LogP contribution in [0.2, 0.25) is 0 Å². The number of hydrogen-bond acceptors (Lipinski definition) is 4. The molecule has 0 saturated heterocycles. The van der Waals surface area contributed by atoms with Crippen LogP contribution >= 0.6 is 0 Å². The average Bonchev–Trinajstić information content (AvgIpc) is 2.81. The molecule has 2 rings (SSSR count). The van der Waals surface area contributed by atoms with Gasteiger partial charge in [0.2, 0.25) is 5.89 Å². The first-order valence-corrected chi connectivity index (χ1v) is 5.15. The molecule has 96 valence electrons. The van der Waals surface area contributed by atoms with E-state index in [4.69, 9.17) is 0 Å². The topological polar surface area (TPSA) is 51.0 Å². The minimum absolute atomic E-state index is 0.115. The van der Waals surface area contributed by atoms with E-state index in [9.17, 15) is 13.2 Å². The molecule has 0 aliphatic carbocycles. The van der Waals surface area contributed by atoms with Crippen LogP contribution in [-0.2, 0) is 6.18 Å². The van der Waals surface area contributed by atoms with Crippen LogP contribution in [0.4, 0.5) is 13.2 Å². The molecular weight excluding hydrogens is 247 g/mol. The van der Waals surface area contributed by atoms with E-state index in [1.54, 1.807) is 31.3 Å². The van der Waals surface area contributed by atoms with Crippen molar-refractivity contribution in [2.75, 3.05) is 7.05 Å². The van der Waals surface area contributed by atoms with E-state index in [-0.39, 0.29) is 5.89 Å². The largest absolute Gasteiger partial charge is 0.470 e. The predicted octanol–water partition coefficient (Wildman–Crippen LogP) is 2.40. The molecule has 0 amide bonds. The Hall–Kier alpha value is -1.89. The van der Waals surface area contributed by atoms with Gasteiger partial charge in [0.05, 0.1) is 0 Å². The zero-order valence-corrected chi connectivity index (χ0v) is 9.40. The molecule has 1 atom stereocenters. The molecule has 0 aliphatic rings. The number of alkyl halides is 3. The van der Waals surface area contributed by atoms with Gasteiger partial charge in [0.1, 0.15) is 6.04 Å². The van der Waals surface area contributed by atoms with E-state index in [1.165, 1.54) is 0 Å². The van der Waals surface area contributed by atoms with Crippen molar-refractivity contribution >= 4 is 0 Å². The highest BCUT2D eigenvalue weighted by Crippen LogP contribution is 2.30. The van der Waals surface area contributed by atoms with Crippen LogP contribution < -0.4 is 5.32 Å². The van der Waals surface area contributed by atoms with Gasteiger partial charge in [0.15, 0.2) is 0 Å². The van der Waals surface area contributed by atoms with Crippen LogP contribution in [-0.4, -0.2) is 17.2 Å². The van der Waals surface area contributed by atoms with Gasteiger partial charge in [0.25, 0.3) is 0 Å². The third-order valence-corrected chi connectivity index (χ3v) is 2.35. The maximum Gasteiger partial charge on any atom is 0.470 e. The lowest BCUT2D eigenvalue weighted by Crippen LogP contribution is -2.17. The number of nitrogens with one attached hydrogen (secondary N) is 1. The Labute approximate surface area is 101 Å². The second-order valence-electron chi connectivity index (χ2n) is 3.58. The zero-order valence-electron chi connectivity index (χ0n) is 9.40. The second kappa shape index (κ2) is 4.77. The maximum absolute atomic E-state index is 12.4. The van der Waals surface area contributed by atoms with Crippen LogP contribution in [0.1, 0.15) is 23.4 Å². The molecule has 1 heterocycles. The summed E-state index contributed by atoms with van der Waals surface area (Å²) in [4.78, 5) is 0. The van der Waals surface area contributed by atoms with Gasteiger partial charge in [-0.1, -0.05) is 30.3 Å². The highest BCUT2D eigenvalue weighted by molar-refractivity contribution is 5.23. The van der Waals surface area contributed by atoms with Crippen LogP contribution in [0.15, 0.2) is 34.7 Å². The fourth-order valence-corrected chi connectivity index (χ4v) is 1.54. The Morgan fingerprint density at radius 3 is 2.33 bits per heavy atom. The van der Waals surface area contributed by atoms with Crippen molar-refractivity contribution in [1.29, 1.82) is 0 Å². The Kier molecular flexibility index (Phi) is 3.33. The molecule has 1 unspecified atom stereocenters. The van der Waals surface area contributed by atoms with Crippen LogP contribution in [0.25, 0.3) is 0 Å². The monoisotopic (exact) mass is 257 g/mol. The number of rotatable bonds is 3. The van der Waals surface area contributed by atoms with Gasteiger partial charge in [-0.05, 0) is 12.6 Å². The maximum atomic E-state index is 12.4. The van der Waals surface area contributed by atoms with Crippen molar-refractivity contribution < 1.29 is 17.6 Å². The number of aromatic nitrogens is 2. The summed E-state index contributed by atoms with van der Waals surface area (Å²) in [5.41, 5.74) is 0.748. The zero-order chi connectivity index (χ0) is 13.2. The van der Waals surface area contributed by atoms with Crippen molar-refractivity contribution in [1.82, 2.24) is 15.5 Å². The van der Waals surface area contributed by atoms with E-state index in [2.05, 4.69) is 19.9 Å². The van der Waals surface area contributed by atoms with Gasteiger partial charge >= 0.3 is 12.1 Å². The lowest BCUT2D eigenvalue weighted by atomic mass is 10.1. The average molecular weight is 257 g/mol. The fourth-order valence-electron chi connectivity index (χ4n) is 1.54. The molecule has 18 heavy (non-hydrogen) atoms. The fraction of sp³-hybridized carbons (Fsp3) is 0.273. The molecule has 0 aliphatic heterocycles. The summed E-state index contributed by atoms with van der Waals surface area (Å²) >= 11 is 0. The number of hydrogen-bond donors (Lipinski definition) is 1. The standard InChI is InChI=1S/C11H10F3N3O/c1-15-8(7-5-3-2-4-6-7)9-16-17-10(18-9)11(12,13)14/h2-6,8,15H,1H3. The normalized spacial score (nSPS) is 13.6. The smallest absolute Gasteiger partial charge is 0.415 e. The van der Waals surface area contributed by atoms with Crippen molar-refractivity contribution in [3.8, 4) is 0 Å². The van der Waals surface area contributed by atoms with E-state index in [0.29, 0.717) is 0 Å². The van der Waals surface area contributed by atoms with Gasteiger partial charge in [-0.2, -0.15) is 13.2 Å². The molecule has 7 heteroatoms. The molecule has 0 bridgehead atoms. The van der Waals surface area contributed by atoms with Gasteiger partial charge in [-0.15, -0.1) is 10.2 Å². The Morgan fingerprint density at radius 2 is 1.83 bits per heavy atom. The van der Waals surface area contributed by atoms with E-state index in [0.717, 1.165) is 5.56 Å². The first-order valence-electron chi connectivity index (χ1n) is 5.15. The van der Waals surface area contributed by atoms with Gasteiger partial charge in [-0.3, -0.25) is 0 Å². The first kappa shape index (κ1) is 12.6. The number of nitrogens with zero attached hydrogens (tertiary/aromatic N) is 2. The number of benzene rings is 1. The summed E-state index contributed by atoms with van der Waals surface area (Å²) in [6.07, 6.45) is -4.62. The molecular formula is C11H10F3N3O. The van der Waals surface area contributed by atoms with Crippen molar-refractivity contribution in [3.05, 3.63) is 47.7 Å². The number of halogens is 3. The molecule has 1 N–H and O–H groups in total. The quantitative estimate of drug-likeness (QED) is 0.917. The summed E-state index contributed by atoms with van der Waals surface area (Å²) < 4.78 is 41.7. The van der Waals surface area contributed by atoms with Gasteiger partial charge in [-0.25, -0.2) is 0 Å². The van der Waals surface area contributed by atoms with Crippen molar-refractivity contribution in [2.24, 2.45) is 0 Å². The molecule has 2 aromatic rings. The highest BCUT2D eigenvalue weighted by atomic mass is 19.4.